The first-order valence-electron chi connectivity index (χ1n) is 5.82. The molecule has 0 saturated heterocycles. The van der Waals surface area contributed by atoms with E-state index in [1.165, 1.54) is 18.2 Å². The van der Waals surface area contributed by atoms with Crippen molar-refractivity contribution in [1.82, 2.24) is 9.97 Å². The highest BCUT2D eigenvalue weighted by molar-refractivity contribution is 7.92. The van der Waals surface area contributed by atoms with E-state index >= 15 is 0 Å². The molecule has 3 N–H and O–H groups in total. The molecule has 0 spiro atoms. The van der Waals surface area contributed by atoms with Crippen molar-refractivity contribution in [2.75, 3.05) is 4.72 Å². The number of H-pyrrole nitrogens is 1. The van der Waals surface area contributed by atoms with Crippen molar-refractivity contribution in [3.05, 3.63) is 48.5 Å². The fourth-order valence-corrected chi connectivity index (χ4v) is 2.93. The Morgan fingerprint density at radius 2 is 1.75 bits per heavy atom. The van der Waals surface area contributed by atoms with Gasteiger partial charge in [0.2, 0.25) is 5.95 Å². The largest absolute Gasteiger partial charge is 0.507 e. The number of hydrogen-bond acceptors (Lipinski definition) is 4. The summed E-state index contributed by atoms with van der Waals surface area (Å²) in [4.78, 5) is 6.79. The first-order valence-corrected chi connectivity index (χ1v) is 7.30. The summed E-state index contributed by atoms with van der Waals surface area (Å²) in [6.07, 6.45) is 0. The lowest BCUT2D eigenvalue weighted by atomic mass is 10.3. The van der Waals surface area contributed by atoms with Gasteiger partial charge in [-0.1, -0.05) is 24.3 Å². The summed E-state index contributed by atoms with van der Waals surface area (Å²) in [6.45, 7) is 0. The van der Waals surface area contributed by atoms with E-state index < -0.39 is 10.0 Å². The normalized spacial score (nSPS) is 11.6. The highest BCUT2D eigenvalue weighted by Gasteiger charge is 2.19. The van der Waals surface area contributed by atoms with Crippen LogP contribution < -0.4 is 4.72 Å². The molecular weight excluding hydrogens is 278 g/mol. The monoisotopic (exact) mass is 289 g/mol. The standard InChI is InChI=1S/C13H11N3O3S/c17-11-7-3-4-8-12(11)20(18,19)16-13-14-9-5-1-2-6-10(9)15-13/h1-8,17H,(H2,14,15,16). The first-order chi connectivity index (χ1) is 9.56. The molecule has 102 valence electrons. The second-order valence-corrected chi connectivity index (χ2v) is 5.83. The lowest BCUT2D eigenvalue weighted by molar-refractivity contribution is 0.459. The molecule has 3 aromatic rings. The lowest BCUT2D eigenvalue weighted by Gasteiger charge is -2.06. The lowest BCUT2D eigenvalue weighted by Crippen LogP contribution is -2.14. The van der Waals surface area contributed by atoms with Crippen molar-refractivity contribution in [3.63, 3.8) is 0 Å². The molecular formula is C13H11N3O3S. The molecule has 20 heavy (non-hydrogen) atoms. The molecule has 0 unspecified atom stereocenters. The van der Waals surface area contributed by atoms with Crippen LogP contribution in [0.25, 0.3) is 11.0 Å². The number of aromatic nitrogens is 2. The fraction of sp³-hybridized carbons (Fsp3) is 0. The van der Waals surface area contributed by atoms with E-state index in [1.54, 1.807) is 18.2 Å². The van der Waals surface area contributed by atoms with E-state index in [-0.39, 0.29) is 16.6 Å². The minimum Gasteiger partial charge on any atom is -0.507 e. The van der Waals surface area contributed by atoms with E-state index in [0.717, 1.165) is 5.52 Å². The number of phenols is 1. The summed E-state index contributed by atoms with van der Waals surface area (Å²) in [6, 6.07) is 12.9. The molecule has 1 heterocycles. The van der Waals surface area contributed by atoms with E-state index in [9.17, 15) is 13.5 Å². The maximum absolute atomic E-state index is 12.2. The highest BCUT2D eigenvalue weighted by Crippen LogP contribution is 2.24. The number of hydrogen-bond donors (Lipinski definition) is 3. The minimum atomic E-state index is -3.89. The third-order valence-electron chi connectivity index (χ3n) is 2.78. The van der Waals surface area contributed by atoms with Crippen LogP contribution in [0, 0.1) is 0 Å². The minimum absolute atomic E-state index is 0.106. The number of nitrogens with one attached hydrogen (secondary N) is 2. The van der Waals surface area contributed by atoms with Crippen molar-refractivity contribution in [1.29, 1.82) is 0 Å². The van der Waals surface area contributed by atoms with Crippen molar-refractivity contribution >= 4 is 27.0 Å². The highest BCUT2D eigenvalue weighted by atomic mass is 32.2. The van der Waals surface area contributed by atoms with Crippen molar-refractivity contribution < 1.29 is 13.5 Å². The van der Waals surface area contributed by atoms with E-state index in [4.69, 9.17) is 0 Å². The Morgan fingerprint density at radius 3 is 2.50 bits per heavy atom. The van der Waals surface area contributed by atoms with Crippen LogP contribution >= 0.6 is 0 Å². The Bertz CT molecular complexity index is 838. The Kier molecular flexibility index (Phi) is 2.83. The van der Waals surface area contributed by atoms with Crippen molar-refractivity contribution in [3.8, 4) is 5.75 Å². The van der Waals surface area contributed by atoms with Gasteiger partial charge in [-0.3, -0.25) is 0 Å². The Morgan fingerprint density at radius 1 is 1.05 bits per heavy atom. The molecule has 2 aromatic carbocycles. The maximum Gasteiger partial charge on any atom is 0.267 e. The molecule has 0 radical (unpaired) electrons. The van der Waals surface area contributed by atoms with Gasteiger partial charge in [0.05, 0.1) is 11.0 Å². The zero-order valence-corrected chi connectivity index (χ0v) is 11.1. The molecule has 0 atom stereocenters. The van der Waals surface area contributed by atoms with Gasteiger partial charge in [-0.25, -0.2) is 18.1 Å². The van der Waals surface area contributed by atoms with Gasteiger partial charge in [-0.15, -0.1) is 0 Å². The van der Waals surface area contributed by atoms with Crippen LogP contribution in [0.15, 0.2) is 53.4 Å². The van der Waals surface area contributed by atoms with Gasteiger partial charge in [0, 0.05) is 0 Å². The summed E-state index contributed by atoms with van der Waals surface area (Å²) in [5.41, 5.74) is 1.38. The predicted octanol–water partition coefficient (Wildman–Crippen LogP) is 2.07. The number of sulfonamides is 1. The second-order valence-electron chi connectivity index (χ2n) is 4.18. The summed E-state index contributed by atoms with van der Waals surface area (Å²) in [7, 11) is -3.89. The third-order valence-corrected chi connectivity index (χ3v) is 4.16. The molecule has 0 aliphatic heterocycles. The van der Waals surface area contributed by atoms with Gasteiger partial charge in [-0.2, -0.15) is 0 Å². The number of imidazole rings is 1. The van der Waals surface area contributed by atoms with Crippen LogP contribution in [0.3, 0.4) is 0 Å². The van der Waals surface area contributed by atoms with Gasteiger partial charge >= 0.3 is 0 Å². The Balaban J connectivity index is 1.99. The van der Waals surface area contributed by atoms with Crippen LogP contribution in [0.4, 0.5) is 5.95 Å². The Labute approximate surface area is 115 Å². The van der Waals surface area contributed by atoms with E-state index in [1.807, 2.05) is 12.1 Å². The summed E-state index contributed by atoms with van der Waals surface area (Å²) >= 11 is 0. The number of fused-ring (bicyclic) bond motifs is 1. The molecule has 6 nitrogen and oxygen atoms in total. The number of aromatic amines is 1. The van der Waals surface area contributed by atoms with Crippen LogP contribution in [0.2, 0.25) is 0 Å². The molecule has 0 bridgehead atoms. The average Bonchev–Trinajstić information content (AvgIpc) is 2.80. The number of phenolic OH excluding ortho intramolecular Hbond substituents is 1. The summed E-state index contributed by atoms with van der Waals surface area (Å²) in [5, 5.41) is 9.61. The number of nitrogens with zero attached hydrogens (tertiary/aromatic N) is 1. The van der Waals surface area contributed by atoms with Crippen molar-refractivity contribution in [2.45, 2.75) is 4.90 Å². The fourth-order valence-electron chi connectivity index (χ4n) is 1.87. The van der Waals surface area contributed by atoms with Crippen molar-refractivity contribution in [2.24, 2.45) is 0 Å². The quantitative estimate of drug-likeness (QED) is 0.688. The number of anilines is 1. The number of benzene rings is 2. The molecule has 3 rings (SSSR count). The van der Waals surface area contributed by atoms with Gasteiger partial charge in [0.15, 0.2) is 0 Å². The van der Waals surface area contributed by atoms with Crippen LogP contribution in [0.5, 0.6) is 5.75 Å². The predicted molar refractivity (Wildman–Crippen MR) is 75.0 cm³/mol. The van der Waals surface area contributed by atoms with E-state index in [2.05, 4.69) is 14.7 Å². The zero-order valence-electron chi connectivity index (χ0n) is 10.2. The van der Waals surface area contributed by atoms with Crippen LogP contribution in [0.1, 0.15) is 0 Å². The number of rotatable bonds is 3. The number of aromatic hydroxyl groups is 1. The summed E-state index contributed by atoms with van der Waals surface area (Å²) in [5.74, 6) is -0.203. The van der Waals surface area contributed by atoms with E-state index in [0.29, 0.717) is 5.52 Å². The zero-order chi connectivity index (χ0) is 14.2. The second kappa shape index (κ2) is 4.53. The molecule has 0 saturated carbocycles. The molecule has 0 fully saturated rings. The molecule has 0 amide bonds. The SMILES string of the molecule is O=S(=O)(Nc1nc2ccccc2[nH]1)c1ccccc1O. The van der Waals surface area contributed by atoms with Gasteiger partial charge in [-0.05, 0) is 24.3 Å². The Hall–Kier alpha value is -2.54. The smallest absolute Gasteiger partial charge is 0.267 e. The van der Waals surface area contributed by atoms with Gasteiger partial charge in [0.25, 0.3) is 10.0 Å². The molecule has 7 heteroatoms. The average molecular weight is 289 g/mol. The molecule has 0 aliphatic rings. The molecule has 0 aliphatic carbocycles. The molecule has 1 aromatic heterocycles. The van der Waals surface area contributed by atoms with Crippen LogP contribution in [-0.2, 0) is 10.0 Å². The van der Waals surface area contributed by atoms with Crippen LogP contribution in [-0.4, -0.2) is 23.5 Å². The van der Waals surface area contributed by atoms with Gasteiger partial charge < -0.3 is 10.1 Å². The summed E-state index contributed by atoms with van der Waals surface area (Å²) < 4.78 is 26.6. The number of para-hydroxylation sites is 3. The topological polar surface area (TPSA) is 95.1 Å². The van der Waals surface area contributed by atoms with Gasteiger partial charge in [0.1, 0.15) is 10.6 Å². The first kappa shape index (κ1) is 12.5. The maximum atomic E-state index is 12.2. The third kappa shape index (κ3) is 2.19.